The molecule has 3 aliphatic rings. The topological polar surface area (TPSA) is 73.8 Å². The lowest BCUT2D eigenvalue weighted by Gasteiger charge is -2.48. The van der Waals surface area contributed by atoms with Crippen LogP contribution in [-0.2, 0) is 9.59 Å². The summed E-state index contributed by atoms with van der Waals surface area (Å²) < 4.78 is 1.21. The van der Waals surface area contributed by atoms with E-state index in [1.807, 2.05) is 48.2 Å². The third-order valence-electron chi connectivity index (χ3n) is 7.80. The number of amides is 3. The number of thiazole rings is 1. The molecule has 2 fully saturated rings. The molecule has 35 heavy (non-hydrogen) atoms. The molecule has 0 bridgehead atoms. The van der Waals surface area contributed by atoms with E-state index in [0.29, 0.717) is 49.6 Å². The standard InChI is InChI=1S/C27H28N4O3S/c1-27-14-10-24(33)31(27)21-8-4-2-6-19(21)26(34)30(27)17-13-23(32)29-15-11-18(12-16-29)25-28-20-7-3-5-9-22(20)35-25/h2-9,18H,10-17H2,1H3. The Morgan fingerprint density at radius 3 is 2.63 bits per heavy atom. The first-order valence-electron chi connectivity index (χ1n) is 12.3. The number of piperidine rings is 1. The molecule has 0 aliphatic carbocycles. The minimum atomic E-state index is -0.720. The van der Waals surface area contributed by atoms with E-state index in [1.54, 1.807) is 27.2 Å². The largest absolute Gasteiger partial charge is 0.343 e. The monoisotopic (exact) mass is 488 g/mol. The van der Waals surface area contributed by atoms with Crippen LogP contribution in [0.4, 0.5) is 5.69 Å². The van der Waals surface area contributed by atoms with Gasteiger partial charge in [0.25, 0.3) is 5.91 Å². The van der Waals surface area contributed by atoms with Crippen molar-refractivity contribution in [2.45, 2.75) is 50.6 Å². The molecular formula is C27H28N4O3S. The van der Waals surface area contributed by atoms with Gasteiger partial charge >= 0.3 is 0 Å². The number of fused-ring (bicyclic) bond motifs is 4. The van der Waals surface area contributed by atoms with Gasteiger partial charge in [0.05, 0.1) is 26.5 Å². The zero-order chi connectivity index (χ0) is 24.2. The van der Waals surface area contributed by atoms with Crippen LogP contribution in [0.25, 0.3) is 10.2 Å². The van der Waals surface area contributed by atoms with Gasteiger partial charge in [-0.2, -0.15) is 0 Å². The Hall–Kier alpha value is -3.26. The Morgan fingerprint density at radius 2 is 1.83 bits per heavy atom. The predicted molar refractivity (Wildman–Crippen MR) is 135 cm³/mol. The lowest BCUT2D eigenvalue weighted by atomic mass is 9.96. The van der Waals surface area contributed by atoms with Crippen LogP contribution in [0.3, 0.4) is 0 Å². The molecule has 2 saturated heterocycles. The smallest absolute Gasteiger partial charge is 0.257 e. The highest BCUT2D eigenvalue weighted by molar-refractivity contribution is 7.18. The van der Waals surface area contributed by atoms with E-state index in [-0.39, 0.29) is 24.1 Å². The quantitative estimate of drug-likeness (QED) is 0.546. The number of likely N-dealkylation sites (tertiary alicyclic amines) is 1. The molecular weight excluding hydrogens is 460 g/mol. The minimum Gasteiger partial charge on any atom is -0.343 e. The normalized spacial score (nSPS) is 22.6. The molecule has 1 atom stereocenters. The SMILES string of the molecule is CC12CCC(=O)N1c1ccccc1C(=O)N2CCC(=O)N1CCC(c2nc3ccccc3s2)CC1. The number of para-hydroxylation sites is 2. The maximum atomic E-state index is 13.4. The molecule has 0 saturated carbocycles. The number of benzene rings is 2. The number of aromatic nitrogens is 1. The molecule has 180 valence electrons. The molecule has 2 aromatic carbocycles. The lowest BCUT2D eigenvalue weighted by Crippen LogP contribution is -2.62. The molecule has 0 spiro atoms. The van der Waals surface area contributed by atoms with Crippen LogP contribution in [0.15, 0.2) is 48.5 Å². The van der Waals surface area contributed by atoms with Crippen LogP contribution < -0.4 is 4.90 Å². The number of nitrogens with zero attached hydrogens (tertiary/aromatic N) is 4. The van der Waals surface area contributed by atoms with Crippen molar-refractivity contribution >= 4 is 45.0 Å². The highest BCUT2D eigenvalue weighted by Gasteiger charge is 2.52. The Balaban J connectivity index is 1.12. The van der Waals surface area contributed by atoms with Crippen molar-refractivity contribution in [3.05, 3.63) is 59.1 Å². The zero-order valence-corrected chi connectivity index (χ0v) is 20.6. The number of rotatable bonds is 4. The molecule has 3 aliphatic heterocycles. The summed E-state index contributed by atoms with van der Waals surface area (Å²) in [6, 6.07) is 15.5. The Kier molecular flexibility index (Phi) is 5.36. The lowest BCUT2D eigenvalue weighted by molar-refractivity contribution is -0.132. The summed E-state index contributed by atoms with van der Waals surface area (Å²) in [7, 11) is 0. The fraction of sp³-hybridized carbons (Fsp3) is 0.407. The molecule has 3 aromatic rings. The van der Waals surface area contributed by atoms with Crippen LogP contribution >= 0.6 is 11.3 Å². The fourth-order valence-electron chi connectivity index (χ4n) is 5.85. The van der Waals surface area contributed by atoms with Crippen molar-refractivity contribution in [3.8, 4) is 0 Å². The van der Waals surface area contributed by atoms with Crippen molar-refractivity contribution in [2.24, 2.45) is 0 Å². The van der Waals surface area contributed by atoms with Gasteiger partial charge in [0.2, 0.25) is 11.8 Å². The second-order valence-electron chi connectivity index (χ2n) is 9.84. The Labute approximate surface area is 208 Å². The number of carbonyl (C=O) groups is 3. The molecule has 1 unspecified atom stereocenters. The minimum absolute atomic E-state index is 0.0284. The summed E-state index contributed by atoms with van der Waals surface area (Å²) >= 11 is 1.75. The van der Waals surface area contributed by atoms with Crippen molar-refractivity contribution in [3.63, 3.8) is 0 Å². The van der Waals surface area contributed by atoms with Crippen LogP contribution in [0.5, 0.6) is 0 Å². The average molecular weight is 489 g/mol. The van der Waals surface area contributed by atoms with E-state index in [0.717, 1.165) is 23.4 Å². The van der Waals surface area contributed by atoms with Crippen molar-refractivity contribution in [1.29, 1.82) is 0 Å². The number of carbonyl (C=O) groups excluding carboxylic acids is 3. The molecule has 0 radical (unpaired) electrons. The van der Waals surface area contributed by atoms with Gasteiger partial charge in [-0.25, -0.2) is 4.98 Å². The van der Waals surface area contributed by atoms with Gasteiger partial charge < -0.3 is 9.80 Å². The summed E-state index contributed by atoms with van der Waals surface area (Å²) in [5.74, 6) is 0.379. The third-order valence-corrected chi connectivity index (χ3v) is 9.00. The molecule has 4 heterocycles. The molecule has 8 heteroatoms. The van der Waals surface area contributed by atoms with Gasteiger partial charge in [-0.1, -0.05) is 24.3 Å². The molecule has 0 N–H and O–H groups in total. The highest BCUT2D eigenvalue weighted by Crippen LogP contribution is 2.44. The fourth-order valence-corrected chi connectivity index (χ4v) is 6.98. The van der Waals surface area contributed by atoms with E-state index < -0.39 is 5.66 Å². The van der Waals surface area contributed by atoms with E-state index >= 15 is 0 Å². The van der Waals surface area contributed by atoms with Crippen LogP contribution in [-0.4, -0.2) is 57.8 Å². The first kappa shape index (κ1) is 22.2. The van der Waals surface area contributed by atoms with Gasteiger partial charge in [0, 0.05) is 38.4 Å². The highest BCUT2D eigenvalue weighted by atomic mass is 32.1. The molecule has 1 aromatic heterocycles. The maximum Gasteiger partial charge on any atom is 0.257 e. The van der Waals surface area contributed by atoms with E-state index in [4.69, 9.17) is 4.98 Å². The van der Waals surface area contributed by atoms with Crippen LogP contribution in [0.1, 0.15) is 60.3 Å². The Bertz CT molecular complexity index is 1300. The van der Waals surface area contributed by atoms with Crippen molar-refractivity contribution < 1.29 is 14.4 Å². The first-order valence-corrected chi connectivity index (χ1v) is 13.1. The zero-order valence-electron chi connectivity index (χ0n) is 19.8. The van der Waals surface area contributed by atoms with Gasteiger partial charge in [0.15, 0.2) is 0 Å². The van der Waals surface area contributed by atoms with Gasteiger partial charge in [0.1, 0.15) is 5.66 Å². The van der Waals surface area contributed by atoms with Crippen molar-refractivity contribution in [2.75, 3.05) is 24.5 Å². The van der Waals surface area contributed by atoms with Crippen LogP contribution in [0.2, 0.25) is 0 Å². The first-order chi connectivity index (χ1) is 17.0. The second-order valence-corrected chi connectivity index (χ2v) is 10.9. The van der Waals surface area contributed by atoms with E-state index in [2.05, 4.69) is 6.07 Å². The predicted octanol–water partition coefficient (Wildman–Crippen LogP) is 4.39. The maximum absolute atomic E-state index is 13.4. The average Bonchev–Trinajstić information content (AvgIpc) is 3.45. The summed E-state index contributed by atoms with van der Waals surface area (Å²) in [5.41, 5.74) is 1.54. The third kappa shape index (κ3) is 3.62. The molecule has 7 nitrogen and oxygen atoms in total. The van der Waals surface area contributed by atoms with E-state index in [9.17, 15) is 14.4 Å². The second kappa shape index (κ2) is 8.45. The van der Waals surface area contributed by atoms with E-state index in [1.165, 1.54) is 4.70 Å². The number of hydrogen-bond donors (Lipinski definition) is 0. The van der Waals surface area contributed by atoms with Crippen LogP contribution in [0, 0.1) is 0 Å². The van der Waals surface area contributed by atoms with Gasteiger partial charge in [-0.3, -0.25) is 19.3 Å². The summed E-state index contributed by atoms with van der Waals surface area (Å²) in [4.78, 5) is 49.5. The summed E-state index contributed by atoms with van der Waals surface area (Å²) in [6.07, 6.45) is 3.05. The number of anilines is 1. The Morgan fingerprint density at radius 1 is 1.09 bits per heavy atom. The van der Waals surface area contributed by atoms with Gasteiger partial charge in [-0.05, 0) is 50.5 Å². The summed E-state index contributed by atoms with van der Waals surface area (Å²) in [6.45, 7) is 3.67. The molecule has 3 amide bonds. The summed E-state index contributed by atoms with van der Waals surface area (Å²) in [5, 5.41) is 1.16. The molecule has 6 rings (SSSR count). The van der Waals surface area contributed by atoms with Gasteiger partial charge in [-0.15, -0.1) is 11.3 Å². The number of hydrogen-bond acceptors (Lipinski definition) is 5. The van der Waals surface area contributed by atoms with Crippen molar-refractivity contribution in [1.82, 2.24) is 14.8 Å².